The number of anilines is 2. The summed E-state index contributed by atoms with van der Waals surface area (Å²) in [5.74, 6) is 1.12. The van der Waals surface area contributed by atoms with Crippen LogP contribution in [0.15, 0.2) is 30.5 Å². The Kier molecular flexibility index (Phi) is 4.12. The number of nitrogen functional groups attached to an aromatic ring is 1. The molecule has 2 N–H and O–H groups in total. The van der Waals surface area contributed by atoms with Gasteiger partial charge in [-0.15, -0.1) is 0 Å². The van der Waals surface area contributed by atoms with Gasteiger partial charge in [-0.05, 0) is 12.1 Å². The van der Waals surface area contributed by atoms with Crippen molar-refractivity contribution in [2.75, 3.05) is 31.3 Å². The summed E-state index contributed by atoms with van der Waals surface area (Å²) in [5, 5.41) is 0. The van der Waals surface area contributed by atoms with E-state index in [2.05, 4.69) is 15.0 Å². The highest BCUT2D eigenvalue weighted by Gasteiger charge is 2.05. The fraction of sp³-hybridized carbons (Fsp3) is 0.308. The van der Waals surface area contributed by atoms with E-state index in [1.807, 2.05) is 37.2 Å². The largest absolute Gasteiger partial charge is 0.463 e. The molecule has 0 radical (unpaired) electrons. The summed E-state index contributed by atoms with van der Waals surface area (Å²) < 4.78 is 5.51. The molecule has 0 bridgehead atoms. The number of hydrogen-bond donors (Lipinski definition) is 1. The van der Waals surface area contributed by atoms with Crippen LogP contribution in [0.25, 0.3) is 0 Å². The monoisotopic (exact) mass is 259 g/mol. The van der Waals surface area contributed by atoms with E-state index in [9.17, 15) is 0 Å². The first-order valence-corrected chi connectivity index (χ1v) is 6.00. The molecule has 0 fully saturated rings. The van der Waals surface area contributed by atoms with Crippen LogP contribution in [0.5, 0.6) is 6.01 Å². The lowest BCUT2D eigenvalue weighted by Crippen LogP contribution is -2.13. The summed E-state index contributed by atoms with van der Waals surface area (Å²) in [5.41, 5.74) is 6.68. The predicted molar refractivity (Wildman–Crippen MR) is 74.2 cm³/mol. The Bertz CT molecular complexity index is 530. The average molecular weight is 259 g/mol. The molecule has 0 unspecified atom stereocenters. The maximum Gasteiger partial charge on any atom is 0.320 e. The van der Waals surface area contributed by atoms with Crippen LogP contribution in [0.4, 0.5) is 11.6 Å². The third-order valence-corrected chi connectivity index (χ3v) is 2.49. The molecule has 2 aromatic rings. The summed E-state index contributed by atoms with van der Waals surface area (Å²) in [4.78, 5) is 14.4. The highest BCUT2D eigenvalue weighted by Crippen LogP contribution is 2.15. The molecule has 0 amide bonds. The quantitative estimate of drug-likeness (QED) is 0.867. The van der Waals surface area contributed by atoms with Crippen molar-refractivity contribution in [2.45, 2.75) is 6.42 Å². The molecule has 19 heavy (non-hydrogen) atoms. The Labute approximate surface area is 112 Å². The topological polar surface area (TPSA) is 77.2 Å². The van der Waals surface area contributed by atoms with Crippen molar-refractivity contribution < 1.29 is 4.74 Å². The van der Waals surface area contributed by atoms with Crippen LogP contribution in [0, 0.1) is 0 Å². The van der Waals surface area contributed by atoms with Crippen molar-refractivity contribution in [1.29, 1.82) is 0 Å². The Morgan fingerprint density at radius 3 is 2.79 bits per heavy atom. The highest BCUT2D eigenvalue weighted by molar-refractivity contribution is 5.46. The molecule has 0 saturated heterocycles. The number of rotatable bonds is 5. The third-order valence-electron chi connectivity index (χ3n) is 2.49. The first kappa shape index (κ1) is 13.1. The molecule has 0 aliphatic carbocycles. The van der Waals surface area contributed by atoms with E-state index in [-0.39, 0.29) is 0 Å². The van der Waals surface area contributed by atoms with Gasteiger partial charge in [-0.1, -0.05) is 6.07 Å². The second-order valence-electron chi connectivity index (χ2n) is 4.25. The normalized spacial score (nSPS) is 10.2. The average Bonchev–Trinajstić information content (AvgIpc) is 2.39. The van der Waals surface area contributed by atoms with Crippen LogP contribution in [0.1, 0.15) is 5.69 Å². The zero-order valence-electron chi connectivity index (χ0n) is 11.1. The standard InChI is InChI=1S/C13H17N5O/c1-18(2)12-9-11(14)16-13(17-12)19-8-6-10-5-3-4-7-15-10/h3-5,7,9H,6,8H2,1-2H3,(H2,14,16,17). The van der Waals surface area contributed by atoms with Crippen LogP contribution in [-0.4, -0.2) is 35.7 Å². The lowest BCUT2D eigenvalue weighted by molar-refractivity contribution is 0.296. The number of nitrogens with zero attached hydrogens (tertiary/aromatic N) is 4. The SMILES string of the molecule is CN(C)c1cc(N)nc(OCCc2ccccn2)n1. The molecule has 2 heterocycles. The van der Waals surface area contributed by atoms with E-state index < -0.39 is 0 Å². The van der Waals surface area contributed by atoms with Crippen molar-refractivity contribution in [1.82, 2.24) is 15.0 Å². The molecule has 0 spiro atoms. The van der Waals surface area contributed by atoms with Crippen molar-refractivity contribution in [3.8, 4) is 6.01 Å². The van der Waals surface area contributed by atoms with Gasteiger partial charge in [0.25, 0.3) is 0 Å². The van der Waals surface area contributed by atoms with Gasteiger partial charge in [0.15, 0.2) is 0 Å². The van der Waals surface area contributed by atoms with Crippen molar-refractivity contribution >= 4 is 11.6 Å². The summed E-state index contributed by atoms with van der Waals surface area (Å²) >= 11 is 0. The molecule has 2 rings (SSSR count). The van der Waals surface area contributed by atoms with Gasteiger partial charge in [0.05, 0.1) is 6.61 Å². The van der Waals surface area contributed by atoms with Gasteiger partial charge in [0.1, 0.15) is 11.6 Å². The van der Waals surface area contributed by atoms with Gasteiger partial charge >= 0.3 is 6.01 Å². The van der Waals surface area contributed by atoms with E-state index in [0.717, 1.165) is 11.5 Å². The predicted octanol–water partition coefficient (Wildman–Crippen LogP) is 1.14. The fourth-order valence-corrected chi connectivity index (χ4v) is 1.52. The molecule has 0 atom stereocenters. The van der Waals surface area contributed by atoms with E-state index in [4.69, 9.17) is 10.5 Å². The van der Waals surface area contributed by atoms with Crippen LogP contribution in [0.2, 0.25) is 0 Å². The van der Waals surface area contributed by atoms with E-state index in [1.165, 1.54) is 0 Å². The highest BCUT2D eigenvalue weighted by atomic mass is 16.5. The van der Waals surface area contributed by atoms with Crippen molar-refractivity contribution in [3.63, 3.8) is 0 Å². The minimum atomic E-state index is 0.291. The van der Waals surface area contributed by atoms with E-state index in [0.29, 0.717) is 24.9 Å². The lowest BCUT2D eigenvalue weighted by Gasteiger charge is -2.13. The zero-order chi connectivity index (χ0) is 13.7. The molecule has 6 nitrogen and oxygen atoms in total. The number of nitrogens with two attached hydrogens (primary N) is 1. The van der Waals surface area contributed by atoms with Gasteiger partial charge in [-0.3, -0.25) is 4.98 Å². The fourth-order valence-electron chi connectivity index (χ4n) is 1.52. The summed E-state index contributed by atoms with van der Waals surface area (Å²) in [6, 6.07) is 7.78. The van der Waals surface area contributed by atoms with Crippen molar-refractivity contribution in [3.05, 3.63) is 36.2 Å². The Balaban J connectivity index is 1.96. The van der Waals surface area contributed by atoms with Crippen molar-refractivity contribution in [2.24, 2.45) is 0 Å². The number of pyridine rings is 1. The van der Waals surface area contributed by atoms with Gasteiger partial charge in [0, 0.05) is 38.5 Å². The maximum absolute atomic E-state index is 5.71. The molecule has 0 aliphatic rings. The number of aromatic nitrogens is 3. The second kappa shape index (κ2) is 5.99. The van der Waals surface area contributed by atoms with Crippen LogP contribution < -0.4 is 15.4 Å². The molecular weight excluding hydrogens is 242 g/mol. The molecular formula is C13H17N5O. The smallest absolute Gasteiger partial charge is 0.320 e. The summed E-state index contributed by atoms with van der Waals surface area (Å²) in [6.07, 6.45) is 2.47. The summed E-state index contributed by atoms with van der Waals surface area (Å²) in [6.45, 7) is 0.466. The van der Waals surface area contributed by atoms with E-state index >= 15 is 0 Å². The molecule has 0 saturated carbocycles. The first-order valence-electron chi connectivity index (χ1n) is 6.00. The second-order valence-corrected chi connectivity index (χ2v) is 4.25. The van der Waals surface area contributed by atoms with Gasteiger partial charge in [-0.25, -0.2) is 0 Å². The lowest BCUT2D eigenvalue weighted by atomic mass is 10.3. The van der Waals surface area contributed by atoms with Gasteiger partial charge < -0.3 is 15.4 Å². The molecule has 100 valence electrons. The molecule has 6 heteroatoms. The Morgan fingerprint density at radius 2 is 2.11 bits per heavy atom. The zero-order valence-corrected chi connectivity index (χ0v) is 11.1. The number of ether oxygens (including phenoxy) is 1. The molecule has 0 aliphatic heterocycles. The number of hydrogen-bond acceptors (Lipinski definition) is 6. The van der Waals surface area contributed by atoms with E-state index in [1.54, 1.807) is 12.3 Å². The molecule has 0 aromatic carbocycles. The van der Waals surface area contributed by atoms with Crippen LogP contribution in [-0.2, 0) is 6.42 Å². The molecule has 2 aromatic heterocycles. The Hall–Kier alpha value is -2.37. The van der Waals surface area contributed by atoms with Crippen LogP contribution >= 0.6 is 0 Å². The maximum atomic E-state index is 5.71. The minimum Gasteiger partial charge on any atom is -0.463 e. The first-order chi connectivity index (χ1) is 9.15. The van der Waals surface area contributed by atoms with Crippen LogP contribution in [0.3, 0.4) is 0 Å². The van der Waals surface area contributed by atoms with Gasteiger partial charge in [0.2, 0.25) is 0 Å². The third kappa shape index (κ3) is 3.80. The summed E-state index contributed by atoms with van der Waals surface area (Å²) in [7, 11) is 3.78. The minimum absolute atomic E-state index is 0.291. The van der Waals surface area contributed by atoms with Gasteiger partial charge in [-0.2, -0.15) is 9.97 Å². The Morgan fingerprint density at radius 1 is 1.26 bits per heavy atom.